The van der Waals surface area contributed by atoms with Gasteiger partial charge in [0.25, 0.3) is 11.8 Å². The Bertz CT molecular complexity index is 1640. The zero-order valence-electron chi connectivity index (χ0n) is 36.4. The Morgan fingerprint density at radius 1 is 0.806 bits per heavy atom. The Balaban J connectivity index is 1.90. The number of unbranched alkanes of at least 4 members (excludes halogenated alkanes) is 2. The highest BCUT2D eigenvalue weighted by atomic mass is 16.5. The summed E-state index contributed by atoms with van der Waals surface area (Å²) in [4.78, 5) is 140. The van der Waals surface area contributed by atoms with Crippen molar-refractivity contribution in [2.75, 3.05) is 32.8 Å². The lowest BCUT2D eigenvalue weighted by Gasteiger charge is -2.30. The Morgan fingerprint density at radius 3 is 2.11 bits per heavy atom. The topological polar surface area (TPSA) is 280 Å². The summed E-state index contributed by atoms with van der Waals surface area (Å²) in [5.41, 5.74) is 0. The predicted molar refractivity (Wildman–Crippen MR) is 222 cm³/mol. The van der Waals surface area contributed by atoms with Crippen molar-refractivity contribution in [1.82, 2.24) is 25.8 Å². The lowest BCUT2D eigenvalue weighted by Crippen LogP contribution is -2.55. The molecule has 0 aromatic heterocycles. The van der Waals surface area contributed by atoms with Crippen molar-refractivity contribution < 1.29 is 67.7 Å². The van der Waals surface area contributed by atoms with Crippen molar-refractivity contribution in [3.63, 3.8) is 0 Å². The highest BCUT2D eigenvalue weighted by Gasteiger charge is 2.40. The van der Waals surface area contributed by atoms with Gasteiger partial charge in [0.1, 0.15) is 23.7 Å². The molecule has 19 nitrogen and oxygen atoms in total. The van der Waals surface area contributed by atoms with E-state index in [2.05, 4.69) is 16.0 Å². The van der Waals surface area contributed by atoms with Gasteiger partial charge in [-0.2, -0.15) is 0 Å². The van der Waals surface area contributed by atoms with Crippen LogP contribution in [0.4, 0.5) is 0 Å². The van der Waals surface area contributed by atoms with Gasteiger partial charge in [0.05, 0.1) is 31.2 Å². The number of aliphatic hydroxyl groups is 1. The second-order valence-electron chi connectivity index (χ2n) is 16.4. The second kappa shape index (κ2) is 27.7. The van der Waals surface area contributed by atoms with Gasteiger partial charge in [-0.3, -0.25) is 52.8 Å². The van der Waals surface area contributed by atoms with Crippen LogP contribution in [0.2, 0.25) is 0 Å². The summed E-state index contributed by atoms with van der Waals surface area (Å²) < 4.78 is 5.56. The minimum atomic E-state index is -1.39. The number of likely N-dealkylation sites (tertiary alicyclic amines) is 1. The highest BCUT2D eigenvalue weighted by molar-refractivity contribution is 6.12. The molecule has 62 heavy (non-hydrogen) atoms. The van der Waals surface area contributed by atoms with Gasteiger partial charge in [0, 0.05) is 76.8 Å². The lowest BCUT2D eigenvalue weighted by molar-refractivity contribution is -0.143. The first-order valence-corrected chi connectivity index (χ1v) is 21.5. The van der Waals surface area contributed by atoms with Gasteiger partial charge < -0.3 is 40.6 Å². The third kappa shape index (κ3) is 19.7. The molecule has 0 aliphatic carbocycles. The maximum absolute atomic E-state index is 13.9. The molecular formula is C43H65N5O14. The molecule has 0 saturated carbocycles. The van der Waals surface area contributed by atoms with Gasteiger partial charge in [-0.25, -0.2) is 0 Å². The van der Waals surface area contributed by atoms with Gasteiger partial charge >= 0.3 is 5.97 Å². The Morgan fingerprint density at radius 2 is 1.48 bits per heavy atom. The molecule has 6 amide bonds. The second-order valence-corrected chi connectivity index (χ2v) is 16.4. The number of carbonyl (C=O) groups is 11. The van der Waals surface area contributed by atoms with Crippen LogP contribution in [0, 0.1) is 11.8 Å². The molecule has 0 radical (unpaired) electrons. The number of nitrogens with zero attached hydrogens (tertiary/aromatic N) is 2. The number of amides is 6. The van der Waals surface area contributed by atoms with Crippen LogP contribution in [0.3, 0.4) is 0 Å². The number of imide groups is 1. The van der Waals surface area contributed by atoms with E-state index in [1.165, 1.54) is 35.8 Å². The summed E-state index contributed by atoms with van der Waals surface area (Å²) in [5.74, 6) is -7.07. The fourth-order valence-electron chi connectivity index (χ4n) is 7.06. The molecule has 5 N–H and O–H groups in total. The summed E-state index contributed by atoms with van der Waals surface area (Å²) in [5, 5.41) is 27.4. The normalized spacial score (nSPS) is 16.8. The van der Waals surface area contributed by atoms with Crippen molar-refractivity contribution in [1.29, 1.82) is 0 Å². The third-order valence-electron chi connectivity index (χ3n) is 10.5. The molecule has 2 rings (SSSR count). The number of ketones is 4. The Hall–Kier alpha value is -5.17. The number of Topliss-reactive ketones (excluding diaryl/α,β-unsaturated/α-hetero) is 4. The molecule has 2 aliphatic heterocycles. The largest absolute Gasteiger partial charge is 0.481 e. The van der Waals surface area contributed by atoms with E-state index in [0.29, 0.717) is 51.5 Å². The quantitative estimate of drug-likeness (QED) is 0.0468. The van der Waals surface area contributed by atoms with E-state index in [0.717, 1.165) is 0 Å². The molecule has 0 bridgehead atoms. The molecular weight excluding hydrogens is 810 g/mol. The van der Waals surface area contributed by atoms with Gasteiger partial charge in [0.2, 0.25) is 23.6 Å². The number of hydrogen-bond acceptors (Lipinski definition) is 13. The van der Waals surface area contributed by atoms with Crippen LogP contribution in [0.25, 0.3) is 0 Å². The van der Waals surface area contributed by atoms with Crippen molar-refractivity contribution in [3.8, 4) is 0 Å². The van der Waals surface area contributed by atoms with Crippen LogP contribution >= 0.6 is 0 Å². The fourth-order valence-corrected chi connectivity index (χ4v) is 7.06. The zero-order chi connectivity index (χ0) is 46.4. The smallest absolute Gasteiger partial charge is 0.303 e. The Labute approximate surface area is 362 Å². The number of carbonyl (C=O) groups excluding carboxylic acids is 10. The highest BCUT2D eigenvalue weighted by Crippen LogP contribution is 2.22. The van der Waals surface area contributed by atoms with Crippen molar-refractivity contribution >= 4 is 64.5 Å². The van der Waals surface area contributed by atoms with Gasteiger partial charge in [-0.1, -0.05) is 20.3 Å². The fraction of sp³-hybridized carbons (Fsp3) is 0.698. The van der Waals surface area contributed by atoms with E-state index in [1.807, 2.05) is 13.8 Å². The first-order chi connectivity index (χ1) is 29.3. The summed E-state index contributed by atoms with van der Waals surface area (Å²) in [6.45, 7) is 6.70. The third-order valence-corrected chi connectivity index (χ3v) is 10.5. The summed E-state index contributed by atoms with van der Waals surface area (Å²) >= 11 is 0. The average Bonchev–Trinajstić information content (AvgIpc) is 3.82. The van der Waals surface area contributed by atoms with E-state index >= 15 is 0 Å². The number of hydrogen-bond donors (Lipinski definition) is 5. The van der Waals surface area contributed by atoms with Gasteiger partial charge in [-0.05, 0) is 64.7 Å². The average molecular weight is 876 g/mol. The zero-order valence-corrected chi connectivity index (χ0v) is 36.4. The summed E-state index contributed by atoms with van der Waals surface area (Å²) in [7, 11) is 0. The van der Waals surface area contributed by atoms with Crippen molar-refractivity contribution in [2.45, 2.75) is 148 Å². The molecule has 5 atom stereocenters. The number of aliphatic carboxylic acids is 1. The minimum Gasteiger partial charge on any atom is -0.481 e. The van der Waals surface area contributed by atoms with Crippen LogP contribution in [-0.4, -0.2) is 142 Å². The SMILES string of the molecule is CC(=O)CCC(=O)CNC(=O)C(CC(=O)C(CCC(=O)O)NC(=O)C1CCCN1C(=O)C(CC(C)C)NC(=O)CCOCCCC(=O)CCCCCN1C(=O)C=CC1=O)C(C)O. The van der Waals surface area contributed by atoms with E-state index in [-0.39, 0.29) is 87.6 Å². The maximum Gasteiger partial charge on any atom is 0.303 e. The van der Waals surface area contributed by atoms with Crippen LogP contribution in [0.1, 0.15) is 124 Å². The number of carboxylic acid groups (broad SMARTS) is 1. The molecule has 2 heterocycles. The molecule has 1 fully saturated rings. The standard InChI is InChI=1S/C43H65N5O14/c1-27(2)24-34(45-37(54)19-23-62-22-9-11-30(51)10-6-5-7-20-48-38(55)16-17-39(48)56)43(61)47-21-8-12-35(47)42(60)46-33(15-18-40(57)58)36(53)25-32(29(4)50)41(59)44-26-31(52)14-13-28(3)49/h16-17,27,29,32-35,50H,5-15,18-26H2,1-4H3,(H,44,59)(H,45,54)(H,46,60)(H,57,58). The van der Waals surface area contributed by atoms with Crippen molar-refractivity contribution in [3.05, 3.63) is 12.2 Å². The van der Waals surface area contributed by atoms with Crippen LogP contribution in [-0.2, 0) is 57.5 Å². The molecule has 1 saturated heterocycles. The number of nitrogens with one attached hydrogen (secondary N) is 3. The minimum absolute atomic E-state index is 0.00197. The Kier molecular flexibility index (Phi) is 23.7. The monoisotopic (exact) mass is 875 g/mol. The maximum atomic E-state index is 13.9. The molecule has 2 aliphatic rings. The number of rotatable bonds is 32. The van der Waals surface area contributed by atoms with Crippen LogP contribution < -0.4 is 16.0 Å². The molecule has 0 aromatic rings. The van der Waals surface area contributed by atoms with Crippen molar-refractivity contribution in [2.24, 2.45) is 11.8 Å². The first-order valence-electron chi connectivity index (χ1n) is 21.5. The number of ether oxygens (including phenoxy) is 1. The van der Waals surface area contributed by atoms with Gasteiger partial charge in [0.15, 0.2) is 11.6 Å². The molecule has 19 heteroatoms. The molecule has 0 spiro atoms. The van der Waals surface area contributed by atoms with E-state index in [4.69, 9.17) is 4.74 Å². The molecule has 0 aromatic carbocycles. The summed E-state index contributed by atoms with van der Waals surface area (Å²) in [6, 6.07) is -3.41. The predicted octanol–water partition coefficient (Wildman–Crippen LogP) is 1.11. The molecule has 5 unspecified atom stereocenters. The molecule has 346 valence electrons. The number of carboxylic acids is 1. The van der Waals surface area contributed by atoms with Crippen LogP contribution in [0.5, 0.6) is 0 Å². The first kappa shape index (κ1) is 53.0. The van der Waals surface area contributed by atoms with E-state index in [1.54, 1.807) is 0 Å². The van der Waals surface area contributed by atoms with Crippen LogP contribution in [0.15, 0.2) is 12.2 Å². The van der Waals surface area contributed by atoms with E-state index in [9.17, 15) is 63.0 Å². The summed E-state index contributed by atoms with van der Waals surface area (Å²) in [6.07, 6.45) is 3.52. The van der Waals surface area contributed by atoms with E-state index < -0.39 is 90.7 Å². The lowest BCUT2D eigenvalue weighted by atomic mass is 9.91. The number of aliphatic hydroxyl groups excluding tert-OH is 1. The van der Waals surface area contributed by atoms with Gasteiger partial charge in [-0.15, -0.1) is 0 Å².